The first kappa shape index (κ1) is 14.4. The van der Waals surface area contributed by atoms with Crippen molar-refractivity contribution in [3.8, 4) is 0 Å². The number of rotatable bonds is 6. The fraction of sp³-hybridized carbons (Fsp3) is 0.889. The molecule has 0 spiro atoms. The summed E-state index contributed by atoms with van der Waals surface area (Å²) in [5.74, 6) is -0.254. The predicted molar refractivity (Wildman–Crippen MR) is 65.1 cm³/mol. The maximum absolute atomic E-state index is 11.6. The molecule has 1 rings (SSSR count). The Morgan fingerprint density at radius 3 is 2.76 bits per heavy atom. The van der Waals surface area contributed by atoms with Crippen molar-refractivity contribution in [2.24, 2.45) is 0 Å². The van der Waals surface area contributed by atoms with E-state index in [1.807, 2.05) is 0 Å². The molecule has 0 saturated carbocycles. The molecule has 1 saturated heterocycles. The minimum Gasteiger partial charge on any atom is -0.354 e. The molecule has 100 valence electrons. The zero-order valence-corrected chi connectivity index (χ0v) is 10.8. The highest BCUT2D eigenvalue weighted by Crippen LogP contribution is 1.88. The summed E-state index contributed by atoms with van der Waals surface area (Å²) in [6.07, 6.45) is 0. The highest BCUT2D eigenvalue weighted by Gasteiger charge is 2.20. The number of amides is 1. The van der Waals surface area contributed by atoms with Gasteiger partial charge in [0.25, 0.3) is 0 Å². The first-order valence-electron chi connectivity index (χ1n) is 5.74. The number of carbonyl (C=O) groups is 1. The van der Waals surface area contributed by atoms with Gasteiger partial charge in [-0.3, -0.25) is 4.79 Å². The lowest BCUT2D eigenvalue weighted by atomic mass is 10.2. The van der Waals surface area contributed by atoms with Crippen molar-refractivity contribution >= 4 is 15.9 Å². The van der Waals surface area contributed by atoms with E-state index in [2.05, 4.69) is 20.7 Å². The Morgan fingerprint density at radius 1 is 1.41 bits per heavy atom. The number of nitrogens with one attached hydrogen (secondary N) is 4. The highest BCUT2D eigenvalue weighted by atomic mass is 32.2. The molecule has 1 amide bonds. The normalized spacial score (nSPS) is 21.1. The fourth-order valence-corrected chi connectivity index (χ4v) is 2.52. The maximum Gasteiger partial charge on any atom is 0.238 e. The Morgan fingerprint density at radius 2 is 2.18 bits per heavy atom. The molecule has 17 heavy (non-hydrogen) atoms. The Hall–Kier alpha value is -0.700. The van der Waals surface area contributed by atoms with Crippen LogP contribution >= 0.6 is 0 Å². The lowest BCUT2D eigenvalue weighted by Gasteiger charge is -2.23. The zero-order chi connectivity index (χ0) is 12.7. The van der Waals surface area contributed by atoms with Crippen LogP contribution in [0.25, 0.3) is 0 Å². The molecule has 0 aliphatic carbocycles. The van der Waals surface area contributed by atoms with Gasteiger partial charge in [0, 0.05) is 32.7 Å². The van der Waals surface area contributed by atoms with Gasteiger partial charge in [-0.25, -0.2) is 13.1 Å². The van der Waals surface area contributed by atoms with E-state index in [1.165, 1.54) is 0 Å². The number of hydrogen-bond acceptors (Lipinski definition) is 5. The van der Waals surface area contributed by atoms with Crippen molar-refractivity contribution < 1.29 is 13.2 Å². The molecular formula is C9H20N4O3S. The average Bonchev–Trinajstić information content (AvgIpc) is 2.29. The lowest BCUT2D eigenvalue weighted by Crippen LogP contribution is -2.56. The summed E-state index contributed by atoms with van der Waals surface area (Å²) in [5.41, 5.74) is 0. The van der Waals surface area contributed by atoms with Crippen LogP contribution in [0.1, 0.15) is 6.92 Å². The van der Waals surface area contributed by atoms with E-state index >= 15 is 0 Å². The third kappa shape index (κ3) is 5.44. The van der Waals surface area contributed by atoms with Gasteiger partial charge in [-0.2, -0.15) is 0 Å². The van der Waals surface area contributed by atoms with Crippen LogP contribution in [-0.4, -0.2) is 58.8 Å². The third-order valence-corrected chi connectivity index (χ3v) is 3.86. The SMILES string of the molecule is CCNS(=O)(=O)CCNC(=O)C1CNCCN1. The summed E-state index contributed by atoms with van der Waals surface area (Å²) in [6.45, 7) is 4.38. The second-order valence-electron chi connectivity index (χ2n) is 3.82. The van der Waals surface area contributed by atoms with Crippen molar-refractivity contribution in [1.82, 2.24) is 20.7 Å². The quantitative estimate of drug-likeness (QED) is 0.429. The minimum atomic E-state index is -3.26. The van der Waals surface area contributed by atoms with Gasteiger partial charge < -0.3 is 16.0 Å². The van der Waals surface area contributed by atoms with E-state index < -0.39 is 10.0 Å². The van der Waals surface area contributed by atoms with Crippen LogP contribution in [0.4, 0.5) is 0 Å². The van der Waals surface area contributed by atoms with Crippen molar-refractivity contribution in [3.05, 3.63) is 0 Å². The van der Waals surface area contributed by atoms with Gasteiger partial charge in [0.2, 0.25) is 15.9 Å². The molecule has 1 heterocycles. The topological polar surface area (TPSA) is 99.3 Å². The van der Waals surface area contributed by atoms with Crippen LogP contribution in [0, 0.1) is 0 Å². The van der Waals surface area contributed by atoms with E-state index in [0.717, 1.165) is 13.1 Å². The van der Waals surface area contributed by atoms with Crippen LogP contribution in [0.3, 0.4) is 0 Å². The smallest absolute Gasteiger partial charge is 0.238 e. The molecular weight excluding hydrogens is 244 g/mol. The Balaban J connectivity index is 2.24. The first-order chi connectivity index (χ1) is 8.05. The molecule has 4 N–H and O–H groups in total. The van der Waals surface area contributed by atoms with Crippen LogP contribution in [0.5, 0.6) is 0 Å². The maximum atomic E-state index is 11.6. The molecule has 8 heteroatoms. The van der Waals surface area contributed by atoms with Crippen LogP contribution in [0.15, 0.2) is 0 Å². The number of sulfonamides is 1. The second kappa shape index (κ2) is 6.90. The van der Waals surface area contributed by atoms with Gasteiger partial charge in [-0.05, 0) is 0 Å². The van der Waals surface area contributed by atoms with Gasteiger partial charge >= 0.3 is 0 Å². The minimum absolute atomic E-state index is 0.0905. The van der Waals surface area contributed by atoms with Crippen LogP contribution in [0.2, 0.25) is 0 Å². The summed E-state index contributed by atoms with van der Waals surface area (Å²) in [7, 11) is -3.26. The highest BCUT2D eigenvalue weighted by molar-refractivity contribution is 7.89. The molecule has 0 radical (unpaired) electrons. The third-order valence-electron chi connectivity index (χ3n) is 2.39. The van der Waals surface area contributed by atoms with Gasteiger partial charge in [0.1, 0.15) is 0 Å². The van der Waals surface area contributed by atoms with E-state index in [9.17, 15) is 13.2 Å². The van der Waals surface area contributed by atoms with E-state index in [1.54, 1.807) is 6.92 Å². The molecule has 0 bridgehead atoms. The lowest BCUT2D eigenvalue weighted by molar-refractivity contribution is -0.123. The van der Waals surface area contributed by atoms with Crippen molar-refractivity contribution in [3.63, 3.8) is 0 Å². The van der Waals surface area contributed by atoms with Crippen molar-refractivity contribution in [2.75, 3.05) is 38.5 Å². The predicted octanol–water partition coefficient (Wildman–Crippen LogP) is -2.40. The summed E-state index contributed by atoms with van der Waals surface area (Å²) in [6, 6.07) is -0.273. The molecule has 0 aromatic rings. The second-order valence-corrected chi connectivity index (χ2v) is 5.75. The molecule has 1 atom stereocenters. The van der Waals surface area contributed by atoms with Crippen molar-refractivity contribution in [1.29, 1.82) is 0 Å². The summed E-state index contributed by atoms with van der Waals surface area (Å²) in [5, 5.41) is 8.75. The first-order valence-corrected chi connectivity index (χ1v) is 7.39. The monoisotopic (exact) mass is 264 g/mol. The average molecular weight is 264 g/mol. The van der Waals surface area contributed by atoms with Gasteiger partial charge in [-0.1, -0.05) is 6.92 Å². The molecule has 0 aromatic carbocycles. The fourth-order valence-electron chi connectivity index (χ4n) is 1.56. The van der Waals surface area contributed by atoms with Crippen molar-refractivity contribution in [2.45, 2.75) is 13.0 Å². The number of piperazine rings is 1. The van der Waals surface area contributed by atoms with Gasteiger partial charge in [0.05, 0.1) is 11.8 Å². The molecule has 1 fully saturated rings. The largest absolute Gasteiger partial charge is 0.354 e. The van der Waals surface area contributed by atoms with E-state index in [0.29, 0.717) is 13.1 Å². The number of hydrogen-bond donors (Lipinski definition) is 4. The molecule has 1 unspecified atom stereocenters. The van der Waals surface area contributed by atoms with E-state index in [4.69, 9.17) is 0 Å². The Bertz CT molecular complexity index is 338. The van der Waals surface area contributed by atoms with E-state index in [-0.39, 0.29) is 24.2 Å². The van der Waals surface area contributed by atoms with Crippen LogP contribution < -0.4 is 20.7 Å². The summed E-state index contributed by atoms with van der Waals surface area (Å²) >= 11 is 0. The molecule has 0 aromatic heterocycles. The summed E-state index contributed by atoms with van der Waals surface area (Å²) < 4.78 is 25.0. The van der Waals surface area contributed by atoms with Gasteiger partial charge in [-0.15, -0.1) is 0 Å². The number of carbonyl (C=O) groups excluding carboxylic acids is 1. The van der Waals surface area contributed by atoms with Gasteiger partial charge in [0.15, 0.2) is 0 Å². The molecule has 1 aliphatic rings. The zero-order valence-electron chi connectivity index (χ0n) is 9.95. The summed E-state index contributed by atoms with van der Waals surface area (Å²) in [4.78, 5) is 11.6. The molecule has 1 aliphatic heterocycles. The van der Waals surface area contributed by atoms with Crippen LogP contribution in [-0.2, 0) is 14.8 Å². The Kier molecular flexibility index (Phi) is 5.83. The molecule has 7 nitrogen and oxygen atoms in total. The Labute approximate surface area is 102 Å². The standard InChI is InChI=1S/C9H20N4O3S/c1-2-13-17(15,16)6-5-12-9(14)8-7-10-3-4-11-8/h8,10-11,13H,2-7H2,1H3,(H,12,14).